The molecule has 0 fully saturated rings. The van der Waals surface area contributed by atoms with Crippen LogP contribution in [0, 0.1) is 12.3 Å². The van der Waals surface area contributed by atoms with Crippen molar-refractivity contribution in [1.82, 2.24) is 10.3 Å². The second-order valence-corrected chi connectivity index (χ2v) is 6.54. The van der Waals surface area contributed by atoms with E-state index in [1.54, 1.807) is 0 Å². The normalized spacial score (nSPS) is 10.3. The van der Waals surface area contributed by atoms with Gasteiger partial charge in [0.15, 0.2) is 0 Å². The van der Waals surface area contributed by atoms with Crippen LogP contribution in [0.1, 0.15) is 0 Å². The highest BCUT2D eigenvalue weighted by Gasteiger charge is 2.12. The predicted octanol–water partition coefficient (Wildman–Crippen LogP) is 5.32. The van der Waals surface area contributed by atoms with Crippen molar-refractivity contribution in [2.45, 2.75) is 0 Å². The van der Waals surface area contributed by atoms with Gasteiger partial charge in [-0.05, 0) is 29.8 Å². The van der Waals surface area contributed by atoms with Gasteiger partial charge in [-0.15, -0.1) is 6.42 Å². The maximum atomic E-state index is 11.9. The number of hydrogen-bond donors (Lipinski definition) is 2. The molecule has 4 nitrogen and oxygen atoms in total. The molecule has 0 aliphatic carbocycles. The average molecular weight is 377 g/mol. The van der Waals surface area contributed by atoms with Crippen LogP contribution in [0.4, 0.5) is 10.5 Å². The van der Waals surface area contributed by atoms with Crippen molar-refractivity contribution >= 4 is 22.6 Å². The molecule has 0 saturated heterocycles. The Labute approximate surface area is 169 Å². The van der Waals surface area contributed by atoms with E-state index in [9.17, 15) is 4.79 Å². The lowest BCUT2D eigenvalue weighted by atomic mass is 9.97. The molecular weight excluding hydrogens is 358 g/mol. The lowest BCUT2D eigenvalue weighted by molar-refractivity contribution is 0.253. The molecule has 0 spiro atoms. The predicted molar refractivity (Wildman–Crippen MR) is 118 cm³/mol. The van der Waals surface area contributed by atoms with Crippen molar-refractivity contribution < 1.29 is 4.79 Å². The number of aromatic nitrogens is 1. The van der Waals surface area contributed by atoms with Crippen molar-refractivity contribution in [2.75, 3.05) is 11.9 Å². The Morgan fingerprint density at radius 1 is 0.897 bits per heavy atom. The van der Waals surface area contributed by atoms with E-state index >= 15 is 0 Å². The van der Waals surface area contributed by atoms with Crippen LogP contribution >= 0.6 is 0 Å². The first-order chi connectivity index (χ1) is 14.2. The summed E-state index contributed by atoms with van der Waals surface area (Å²) < 4.78 is 0. The molecule has 1 heterocycles. The maximum absolute atomic E-state index is 11.9. The van der Waals surface area contributed by atoms with Crippen molar-refractivity contribution in [3.05, 3.63) is 84.9 Å². The number of rotatable bonds is 4. The van der Waals surface area contributed by atoms with E-state index in [0.717, 1.165) is 33.3 Å². The summed E-state index contributed by atoms with van der Waals surface area (Å²) in [4.78, 5) is 16.8. The summed E-state index contributed by atoms with van der Waals surface area (Å²) in [6.45, 7) is 0.180. The molecule has 0 aliphatic rings. The second-order valence-electron chi connectivity index (χ2n) is 6.54. The quantitative estimate of drug-likeness (QED) is 0.473. The molecule has 0 unspecified atom stereocenters. The van der Waals surface area contributed by atoms with E-state index in [1.165, 1.54) is 0 Å². The minimum Gasteiger partial charge on any atom is -0.327 e. The van der Waals surface area contributed by atoms with Crippen molar-refractivity contribution in [1.29, 1.82) is 0 Å². The number of carbonyl (C=O) groups is 1. The van der Waals surface area contributed by atoms with Gasteiger partial charge in [0.25, 0.3) is 0 Å². The summed E-state index contributed by atoms with van der Waals surface area (Å²) in [5.74, 6) is 2.38. The zero-order valence-corrected chi connectivity index (χ0v) is 15.7. The van der Waals surface area contributed by atoms with Gasteiger partial charge in [-0.2, -0.15) is 0 Å². The number of urea groups is 1. The third-order valence-corrected chi connectivity index (χ3v) is 4.56. The van der Waals surface area contributed by atoms with Gasteiger partial charge >= 0.3 is 6.03 Å². The SMILES string of the molecule is C#CCNC(=O)Nc1ccc2nc(-c3ccccc3)c(-c3ccccc3)cc2c1. The molecule has 0 bridgehead atoms. The summed E-state index contributed by atoms with van der Waals surface area (Å²) in [6, 6.07) is 27.8. The molecular formula is C25H19N3O. The fourth-order valence-corrected chi connectivity index (χ4v) is 3.21. The van der Waals surface area contributed by atoms with Crippen LogP contribution in [-0.2, 0) is 0 Å². The van der Waals surface area contributed by atoms with Crippen molar-refractivity contribution in [3.63, 3.8) is 0 Å². The Morgan fingerprint density at radius 2 is 1.59 bits per heavy atom. The van der Waals surface area contributed by atoms with Gasteiger partial charge in [-0.3, -0.25) is 0 Å². The Morgan fingerprint density at radius 3 is 2.28 bits per heavy atom. The molecule has 140 valence electrons. The Bertz CT molecular complexity index is 1200. The maximum Gasteiger partial charge on any atom is 0.319 e. The van der Waals surface area contributed by atoms with Gasteiger partial charge in [0.05, 0.1) is 17.8 Å². The molecule has 1 aromatic heterocycles. The summed E-state index contributed by atoms with van der Waals surface area (Å²) in [5.41, 5.74) is 5.66. The van der Waals surface area contributed by atoms with E-state index in [1.807, 2.05) is 54.6 Å². The Balaban J connectivity index is 1.81. The van der Waals surface area contributed by atoms with E-state index < -0.39 is 0 Å². The first-order valence-corrected chi connectivity index (χ1v) is 9.28. The minimum absolute atomic E-state index is 0.180. The molecule has 2 N–H and O–H groups in total. The summed E-state index contributed by atoms with van der Waals surface area (Å²) >= 11 is 0. The number of nitrogens with zero attached hydrogens (tertiary/aromatic N) is 1. The Hall–Kier alpha value is -4.10. The largest absolute Gasteiger partial charge is 0.327 e. The van der Waals surface area contributed by atoms with Crippen molar-refractivity contribution in [2.24, 2.45) is 0 Å². The second kappa shape index (κ2) is 8.28. The number of fused-ring (bicyclic) bond motifs is 1. The molecule has 3 aromatic carbocycles. The fourth-order valence-electron chi connectivity index (χ4n) is 3.21. The molecule has 4 rings (SSSR count). The number of amides is 2. The third kappa shape index (κ3) is 4.10. The Kier molecular flexibility index (Phi) is 5.22. The third-order valence-electron chi connectivity index (χ3n) is 4.56. The number of carbonyl (C=O) groups excluding carboxylic acids is 1. The topological polar surface area (TPSA) is 54.0 Å². The van der Waals surface area contributed by atoms with Crippen molar-refractivity contribution in [3.8, 4) is 34.7 Å². The van der Waals surface area contributed by atoms with Gasteiger partial charge in [-0.25, -0.2) is 9.78 Å². The molecule has 0 atom stereocenters. The van der Waals surface area contributed by atoms with Crippen LogP contribution in [0.3, 0.4) is 0 Å². The number of hydrogen-bond acceptors (Lipinski definition) is 2. The van der Waals surface area contributed by atoms with Crippen LogP contribution in [0.2, 0.25) is 0 Å². The highest BCUT2D eigenvalue weighted by Crippen LogP contribution is 2.34. The standard InChI is InChI=1S/C25H19N3O/c1-2-15-26-25(29)27-21-13-14-23-20(16-21)17-22(18-9-5-3-6-10-18)24(28-23)19-11-7-4-8-12-19/h1,3-14,16-17H,15H2,(H2,26,27,29). The number of benzene rings is 3. The minimum atomic E-state index is -0.334. The lowest BCUT2D eigenvalue weighted by Crippen LogP contribution is -2.28. The summed E-state index contributed by atoms with van der Waals surface area (Å²) in [5, 5.41) is 6.34. The molecule has 4 heteroatoms. The zero-order chi connectivity index (χ0) is 20.1. The van der Waals surface area contributed by atoms with Crippen LogP contribution in [0.15, 0.2) is 84.9 Å². The monoisotopic (exact) mass is 377 g/mol. The molecule has 0 aliphatic heterocycles. The summed E-state index contributed by atoms with van der Waals surface area (Å²) in [6.07, 6.45) is 5.18. The molecule has 4 aromatic rings. The molecule has 0 radical (unpaired) electrons. The van der Waals surface area contributed by atoms with Crippen LogP contribution in [0.25, 0.3) is 33.3 Å². The average Bonchev–Trinajstić information content (AvgIpc) is 2.78. The van der Waals surface area contributed by atoms with Gasteiger partial charge in [0, 0.05) is 22.2 Å². The van der Waals surface area contributed by atoms with Gasteiger partial charge in [0.2, 0.25) is 0 Å². The van der Waals surface area contributed by atoms with E-state index in [-0.39, 0.29) is 12.6 Å². The van der Waals surface area contributed by atoms with Crippen LogP contribution in [-0.4, -0.2) is 17.6 Å². The molecule has 29 heavy (non-hydrogen) atoms. The van der Waals surface area contributed by atoms with E-state index in [4.69, 9.17) is 11.4 Å². The zero-order valence-electron chi connectivity index (χ0n) is 15.7. The molecule has 2 amide bonds. The smallest absolute Gasteiger partial charge is 0.319 e. The fraction of sp³-hybridized carbons (Fsp3) is 0.0400. The van der Waals surface area contributed by atoms with Crippen LogP contribution < -0.4 is 10.6 Å². The van der Waals surface area contributed by atoms with Gasteiger partial charge in [-0.1, -0.05) is 66.6 Å². The summed E-state index contributed by atoms with van der Waals surface area (Å²) in [7, 11) is 0. The first kappa shape index (κ1) is 18.3. The number of terminal acetylenes is 1. The van der Waals surface area contributed by atoms with E-state index in [0.29, 0.717) is 5.69 Å². The highest BCUT2D eigenvalue weighted by atomic mass is 16.2. The van der Waals surface area contributed by atoms with Gasteiger partial charge < -0.3 is 10.6 Å². The first-order valence-electron chi connectivity index (χ1n) is 9.28. The number of nitrogens with one attached hydrogen (secondary N) is 2. The highest BCUT2D eigenvalue weighted by molar-refractivity contribution is 5.96. The van der Waals surface area contributed by atoms with Crippen LogP contribution in [0.5, 0.6) is 0 Å². The lowest BCUT2D eigenvalue weighted by Gasteiger charge is -2.13. The van der Waals surface area contributed by atoms with Gasteiger partial charge in [0.1, 0.15) is 0 Å². The number of pyridine rings is 1. The van der Waals surface area contributed by atoms with E-state index in [2.05, 4.69) is 46.9 Å². The molecule has 0 saturated carbocycles. The number of anilines is 1.